The Labute approximate surface area is 178 Å². The molecule has 0 aliphatic carbocycles. The number of rotatable bonds is 11. The van der Waals surface area contributed by atoms with E-state index in [9.17, 15) is 9.59 Å². The summed E-state index contributed by atoms with van der Waals surface area (Å²) in [5, 5.41) is 10.2. The minimum Gasteiger partial charge on any atom is -0.352 e. The molecule has 158 valence electrons. The van der Waals surface area contributed by atoms with Crippen LogP contribution in [0.1, 0.15) is 57.3 Å². The second-order valence-corrected chi connectivity index (χ2v) is 8.33. The summed E-state index contributed by atoms with van der Waals surface area (Å²) in [5.74, 6) is -0.0528. The zero-order valence-corrected chi connectivity index (χ0v) is 18.7. The average Bonchev–Trinajstić information content (AvgIpc) is 3.23. The minimum absolute atomic E-state index is 0.109. The second-order valence-electron chi connectivity index (χ2n) is 7.55. The lowest BCUT2D eigenvalue weighted by Gasteiger charge is -2.30. The van der Waals surface area contributed by atoms with Crippen LogP contribution >= 0.6 is 11.3 Å². The van der Waals surface area contributed by atoms with Crippen molar-refractivity contribution in [1.29, 1.82) is 0 Å². The normalized spacial score (nSPS) is 13.3. The molecule has 0 aliphatic heterocycles. The maximum absolute atomic E-state index is 13.1. The number of carbonyl (C=O) groups excluding carboxylic acids is 2. The number of nitrogens with one attached hydrogen (secondary N) is 2. The van der Waals surface area contributed by atoms with Gasteiger partial charge >= 0.3 is 0 Å². The van der Waals surface area contributed by atoms with Crippen LogP contribution in [-0.4, -0.2) is 36.3 Å². The molecule has 0 bridgehead atoms. The molecular formula is C23H33N3O2S. The van der Waals surface area contributed by atoms with Gasteiger partial charge in [0.1, 0.15) is 6.04 Å². The van der Waals surface area contributed by atoms with Gasteiger partial charge in [0.25, 0.3) is 0 Å². The lowest BCUT2D eigenvalue weighted by molar-refractivity contribution is -0.129. The zero-order valence-electron chi connectivity index (χ0n) is 17.9. The van der Waals surface area contributed by atoms with Gasteiger partial charge in [0.05, 0.1) is 6.04 Å². The quantitative estimate of drug-likeness (QED) is 0.580. The number of hydrogen-bond acceptors (Lipinski definition) is 4. The summed E-state index contributed by atoms with van der Waals surface area (Å²) in [6.07, 6.45) is 0.396. The molecular weight excluding hydrogens is 382 g/mol. The summed E-state index contributed by atoms with van der Waals surface area (Å²) in [4.78, 5) is 27.8. The highest BCUT2D eigenvalue weighted by Gasteiger charge is 2.25. The third-order valence-electron chi connectivity index (χ3n) is 4.94. The van der Waals surface area contributed by atoms with Crippen molar-refractivity contribution in [3.8, 4) is 0 Å². The van der Waals surface area contributed by atoms with E-state index in [4.69, 9.17) is 0 Å². The van der Waals surface area contributed by atoms with E-state index in [1.807, 2.05) is 44.2 Å². The molecule has 0 saturated heterocycles. The average molecular weight is 416 g/mol. The van der Waals surface area contributed by atoms with E-state index in [-0.39, 0.29) is 23.8 Å². The van der Waals surface area contributed by atoms with Crippen LogP contribution in [0.2, 0.25) is 0 Å². The Hall–Kier alpha value is -2.18. The Morgan fingerprint density at radius 2 is 1.72 bits per heavy atom. The number of hydrogen-bond donors (Lipinski definition) is 2. The molecule has 2 amide bonds. The van der Waals surface area contributed by atoms with Crippen molar-refractivity contribution in [1.82, 2.24) is 15.5 Å². The molecule has 29 heavy (non-hydrogen) atoms. The van der Waals surface area contributed by atoms with Gasteiger partial charge in [-0.25, -0.2) is 0 Å². The van der Waals surface area contributed by atoms with Crippen LogP contribution in [0.5, 0.6) is 0 Å². The standard InChI is InChI=1S/C23H33N3O2S/c1-5-26(6-2)20(19-12-13-29-16-19)15-24-23(28)22(18-10-8-7-9-11-18)25-21(27)14-17(3)4/h7-13,16-17,20,22H,5-6,14-15H2,1-4H3,(H,24,28)(H,25,27). The Morgan fingerprint density at radius 1 is 1.03 bits per heavy atom. The molecule has 1 aromatic heterocycles. The molecule has 0 radical (unpaired) electrons. The van der Waals surface area contributed by atoms with Gasteiger partial charge in [-0.2, -0.15) is 11.3 Å². The molecule has 2 unspecified atom stereocenters. The summed E-state index contributed by atoms with van der Waals surface area (Å²) in [5.41, 5.74) is 2.00. The SMILES string of the molecule is CCN(CC)C(CNC(=O)C(NC(=O)CC(C)C)c1ccccc1)c1ccsc1. The fraction of sp³-hybridized carbons (Fsp3) is 0.478. The number of likely N-dealkylation sites (N-methyl/N-ethyl adjacent to an activating group) is 1. The molecule has 1 aromatic carbocycles. The molecule has 1 heterocycles. The molecule has 0 aliphatic rings. The Kier molecular flexibility index (Phi) is 9.35. The van der Waals surface area contributed by atoms with E-state index in [0.29, 0.717) is 13.0 Å². The van der Waals surface area contributed by atoms with E-state index >= 15 is 0 Å². The van der Waals surface area contributed by atoms with Gasteiger partial charge < -0.3 is 10.6 Å². The van der Waals surface area contributed by atoms with Gasteiger partial charge in [0.15, 0.2) is 0 Å². The second kappa shape index (κ2) is 11.7. The van der Waals surface area contributed by atoms with Crippen molar-refractivity contribution < 1.29 is 9.59 Å². The maximum Gasteiger partial charge on any atom is 0.247 e. The van der Waals surface area contributed by atoms with Gasteiger partial charge in [-0.15, -0.1) is 0 Å². The van der Waals surface area contributed by atoms with E-state index in [1.54, 1.807) is 11.3 Å². The van der Waals surface area contributed by atoms with Crippen LogP contribution in [0.15, 0.2) is 47.2 Å². The number of nitrogens with zero attached hydrogens (tertiary/aromatic N) is 1. The molecule has 2 atom stereocenters. The Bertz CT molecular complexity index is 743. The molecule has 0 fully saturated rings. The summed E-state index contributed by atoms with van der Waals surface area (Å²) >= 11 is 1.66. The first-order valence-corrected chi connectivity index (χ1v) is 11.3. The van der Waals surface area contributed by atoms with E-state index in [0.717, 1.165) is 18.7 Å². The van der Waals surface area contributed by atoms with Crippen molar-refractivity contribution in [3.63, 3.8) is 0 Å². The molecule has 0 spiro atoms. The van der Waals surface area contributed by atoms with Crippen LogP contribution in [-0.2, 0) is 9.59 Å². The Balaban J connectivity index is 2.14. The zero-order chi connectivity index (χ0) is 21.2. The maximum atomic E-state index is 13.1. The van der Waals surface area contributed by atoms with Crippen LogP contribution < -0.4 is 10.6 Å². The van der Waals surface area contributed by atoms with E-state index in [2.05, 4.69) is 46.2 Å². The monoisotopic (exact) mass is 415 g/mol. The van der Waals surface area contributed by atoms with Gasteiger partial charge in [-0.3, -0.25) is 14.5 Å². The number of carbonyl (C=O) groups is 2. The lowest BCUT2D eigenvalue weighted by Crippen LogP contribution is -2.44. The summed E-state index contributed by atoms with van der Waals surface area (Å²) in [6, 6.07) is 11.0. The third-order valence-corrected chi connectivity index (χ3v) is 5.65. The Morgan fingerprint density at radius 3 is 2.28 bits per heavy atom. The number of thiophene rings is 1. The smallest absolute Gasteiger partial charge is 0.247 e. The summed E-state index contributed by atoms with van der Waals surface area (Å²) in [7, 11) is 0. The first-order valence-electron chi connectivity index (χ1n) is 10.3. The molecule has 0 saturated carbocycles. The van der Waals surface area contributed by atoms with Crippen molar-refractivity contribution in [3.05, 3.63) is 58.3 Å². The molecule has 2 aromatic rings. The van der Waals surface area contributed by atoms with Crippen molar-refractivity contribution in [2.75, 3.05) is 19.6 Å². The first-order chi connectivity index (χ1) is 14.0. The van der Waals surface area contributed by atoms with Gasteiger partial charge in [-0.1, -0.05) is 58.0 Å². The minimum atomic E-state index is -0.692. The van der Waals surface area contributed by atoms with E-state index < -0.39 is 6.04 Å². The lowest BCUT2D eigenvalue weighted by atomic mass is 10.0. The van der Waals surface area contributed by atoms with Crippen molar-refractivity contribution in [2.45, 2.75) is 46.2 Å². The van der Waals surface area contributed by atoms with Gasteiger partial charge in [0.2, 0.25) is 11.8 Å². The first kappa shape index (κ1) is 23.1. The molecule has 5 nitrogen and oxygen atoms in total. The van der Waals surface area contributed by atoms with Gasteiger partial charge in [-0.05, 0) is 47.0 Å². The van der Waals surface area contributed by atoms with Gasteiger partial charge in [0, 0.05) is 13.0 Å². The van der Waals surface area contributed by atoms with E-state index in [1.165, 1.54) is 5.56 Å². The highest BCUT2D eigenvalue weighted by Crippen LogP contribution is 2.23. The van der Waals surface area contributed by atoms with Crippen molar-refractivity contribution >= 4 is 23.2 Å². The predicted octanol–water partition coefficient (Wildman–Crippen LogP) is 4.15. The highest BCUT2D eigenvalue weighted by atomic mass is 32.1. The largest absolute Gasteiger partial charge is 0.352 e. The highest BCUT2D eigenvalue weighted by molar-refractivity contribution is 7.07. The van der Waals surface area contributed by atoms with Crippen molar-refractivity contribution in [2.24, 2.45) is 5.92 Å². The molecule has 2 N–H and O–H groups in total. The fourth-order valence-electron chi connectivity index (χ4n) is 3.42. The summed E-state index contributed by atoms with van der Waals surface area (Å²) in [6.45, 7) is 10.5. The van der Waals surface area contributed by atoms with Crippen LogP contribution in [0.3, 0.4) is 0 Å². The fourth-order valence-corrected chi connectivity index (χ4v) is 4.13. The summed E-state index contributed by atoms with van der Waals surface area (Å²) < 4.78 is 0. The van der Waals surface area contributed by atoms with Crippen LogP contribution in [0.4, 0.5) is 0 Å². The molecule has 6 heteroatoms. The topological polar surface area (TPSA) is 61.4 Å². The number of amides is 2. The molecule has 2 rings (SSSR count). The predicted molar refractivity (Wildman–Crippen MR) is 120 cm³/mol. The van der Waals surface area contributed by atoms with Crippen LogP contribution in [0.25, 0.3) is 0 Å². The third kappa shape index (κ3) is 6.98. The number of benzene rings is 1. The van der Waals surface area contributed by atoms with Crippen LogP contribution in [0, 0.1) is 5.92 Å².